The number of ether oxygens (including phenoxy) is 1. The van der Waals surface area contributed by atoms with E-state index >= 15 is 0 Å². The quantitative estimate of drug-likeness (QED) is 0.621. The third-order valence-corrected chi connectivity index (χ3v) is 3.08. The highest BCUT2D eigenvalue weighted by atomic mass is 16.5. The van der Waals surface area contributed by atoms with Crippen molar-refractivity contribution in [3.05, 3.63) is 23.4 Å². The van der Waals surface area contributed by atoms with Crippen LogP contribution in [-0.2, 0) is 11.2 Å². The van der Waals surface area contributed by atoms with Gasteiger partial charge in [0, 0.05) is 24.3 Å². The monoisotopic (exact) mass is 264 g/mol. The Morgan fingerprint density at radius 2 is 2.21 bits per heavy atom. The first-order chi connectivity index (χ1) is 9.24. The van der Waals surface area contributed by atoms with Crippen molar-refractivity contribution < 1.29 is 9.53 Å². The molecule has 0 atom stereocenters. The number of carbonyl (C=O) groups excluding carboxylic acids is 1. The number of nitrogens with one attached hydrogen (secondary N) is 1. The van der Waals surface area contributed by atoms with Crippen LogP contribution in [0, 0.1) is 0 Å². The molecule has 0 saturated carbocycles. The van der Waals surface area contributed by atoms with Gasteiger partial charge in [0.15, 0.2) is 0 Å². The van der Waals surface area contributed by atoms with Gasteiger partial charge in [-0.1, -0.05) is 13.3 Å². The summed E-state index contributed by atoms with van der Waals surface area (Å²) in [5.41, 5.74) is 4.03. The molecule has 6 nitrogen and oxygen atoms in total. The fourth-order valence-electron chi connectivity index (χ4n) is 2.12. The molecular weight excluding hydrogens is 244 g/mol. The van der Waals surface area contributed by atoms with Gasteiger partial charge in [-0.15, -0.1) is 0 Å². The standard InChI is InChI=1S/C13H20N4O2/c1-2-3-11-8-10(9-12(15-11)16-14)13(18)17-4-6-19-7-5-17/h8-9H,2-7,14H2,1H3,(H,15,16). The molecule has 1 aliphatic rings. The van der Waals surface area contributed by atoms with Gasteiger partial charge in [-0.05, 0) is 18.6 Å². The molecule has 0 bridgehead atoms. The molecule has 1 aromatic heterocycles. The predicted molar refractivity (Wildman–Crippen MR) is 72.8 cm³/mol. The minimum Gasteiger partial charge on any atom is -0.378 e. The van der Waals surface area contributed by atoms with Crippen molar-refractivity contribution in [2.45, 2.75) is 19.8 Å². The van der Waals surface area contributed by atoms with Crippen LogP contribution in [0.5, 0.6) is 0 Å². The number of hydrogen-bond donors (Lipinski definition) is 2. The molecule has 0 radical (unpaired) electrons. The van der Waals surface area contributed by atoms with E-state index in [4.69, 9.17) is 10.6 Å². The molecule has 6 heteroatoms. The second kappa shape index (κ2) is 6.49. The molecule has 1 saturated heterocycles. The zero-order chi connectivity index (χ0) is 13.7. The minimum atomic E-state index is 0.0135. The number of hydrazine groups is 1. The summed E-state index contributed by atoms with van der Waals surface area (Å²) in [7, 11) is 0. The highest BCUT2D eigenvalue weighted by molar-refractivity contribution is 5.95. The summed E-state index contributed by atoms with van der Waals surface area (Å²) in [5.74, 6) is 5.95. The highest BCUT2D eigenvalue weighted by Crippen LogP contribution is 2.14. The van der Waals surface area contributed by atoms with E-state index in [1.165, 1.54) is 0 Å². The van der Waals surface area contributed by atoms with E-state index in [2.05, 4.69) is 17.3 Å². The molecule has 104 valence electrons. The van der Waals surface area contributed by atoms with Crippen molar-refractivity contribution in [3.8, 4) is 0 Å². The van der Waals surface area contributed by atoms with Gasteiger partial charge in [-0.2, -0.15) is 0 Å². The smallest absolute Gasteiger partial charge is 0.254 e. The minimum absolute atomic E-state index is 0.0135. The predicted octanol–water partition coefficient (Wildman–Crippen LogP) is 0.792. The van der Waals surface area contributed by atoms with Crippen LogP contribution in [0.4, 0.5) is 5.82 Å². The van der Waals surface area contributed by atoms with Crippen molar-refractivity contribution in [3.63, 3.8) is 0 Å². The van der Waals surface area contributed by atoms with Gasteiger partial charge in [0.1, 0.15) is 5.82 Å². The summed E-state index contributed by atoms with van der Waals surface area (Å²) < 4.78 is 5.25. The number of amides is 1. The molecule has 0 spiro atoms. The zero-order valence-corrected chi connectivity index (χ0v) is 11.2. The first-order valence-corrected chi connectivity index (χ1v) is 6.59. The van der Waals surface area contributed by atoms with E-state index in [1.807, 2.05) is 6.07 Å². The Balaban J connectivity index is 2.21. The Kier molecular flexibility index (Phi) is 4.70. The van der Waals surface area contributed by atoms with E-state index in [-0.39, 0.29) is 5.91 Å². The number of carbonyl (C=O) groups is 1. The fraction of sp³-hybridized carbons (Fsp3) is 0.538. The van der Waals surface area contributed by atoms with E-state index in [0.717, 1.165) is 18.5 Å². The van der Waals surface area contributed by atoms with Crippen LogP contribution in [-0.4, -0.2) is 42.1 Å². The fourth-order valence-corrected chi connectivity index (χ4v) is 2.12. The lowest BCUT2D eigenvalue weighted by molar-refractivity contribution is 0.0303. The van der Waals surface area contributed by atoms with Crippen molar-refractivity contribution in [1.82, 2.24) is 9.88 Å². The lowest BCUT2D eigenvalue weighted by Crippen LogP contribution is -2.40. The molecule has 1 aliphatic heterocycles. The normalized spacial score (nSPS) is 15.4. The Morgan fingerprint density at radius 1 is 1.47 bits per heavy atom. The van der Waals surface area contributed by atoms with Crippen LogP contribution < -0.4 is 11.3 Å². The Labute approximate surface area is 112 Å². The van der Waals surface area contributed by atoms with E-state index in [0.29, 0.717) is 37.7 Å². The van der Waals surface area contributed by atoms with E-state index in [9.17, 15) is 4.79 Å². The zero-order valence-electron chi connectivity index (χ0n) is 11.2. The number of anilines is 1. The maximum Gasteiger partial charge on any atom is 0.254 e. The van der Waals surface area contributed by atoms with Crippen molar-refractivity contribution >= 4 is 11.7 Å². The second-order valence-corrected chi connectivity index (χ2v) is 4.53. The van der Waals surface area contributed by atoms with Gasteiger partial charge in [0.2, 0.25) is 0 Å². The van der Waals surface area contributed by atoms with Crippen LogP contribution in [0.15, 0.2) is 12.1 Å². The molecule has 2 rings (SSSR count). The molecule has 2 heterocycles. The molecule has 0 aliphatic carbocycles. The summed E-state index contributed by atoms with van der Waals surface area (Å²) in [6.45, 7) is 4.54. The van der Waals surface area contributed by atoms with Gasteiger partial charge in [-0.25, -0.2) is 10.8 Å². The van der Waals surface area contributed by atoms with E-state index < -0.39 is 0 Å². The number of hydrogen-bond acceptors (Lipinski definition) is 5. The Hall–Kier alpha value is -1.66. The van der Waals surface area contributed by atoms with Crippen molar-refractivity contribution in [2.24, 2.45) is 5.84 Å². The van der Waals surface area contributed by atoms with Gasteiger partial charge in [0.05, 0.1) is 13.2 Å². The van der Waals surface area contributed by atoms with E-state index in [1.54, 1.807) is 11.0 Å². The van der Waals surface area contributed by atoms with Crippen LogP contribution in [0.3, 0.4) is 0 Å². The first kappa shape index (κ1) is 13.8. The van der Waals surface area contributed by atoms with Crippen LogP contribution in [0.2, 0.25) is 0 Å². The third kappa shape index (κ3) is 3.42. The maximum absolute atomic E-state index is 12.4. The number of morpholine rings is 1. The number of aromatic nitrogens is 1. The summed E-state index contributed by atoms with van der Waals surface area (Å²) in [6, 6.07) is 3.54. The topological polar surface area (TPSA) is 80.5 Å². The summed E-state index contributed by atoms with van der Waals surface area (Å²) >= 11 is 0. The van der Waals surface area contributed by atoms with Crippen LogP contribution >= 0.6 is 0 Å². The van der Waals surface area contributed by atoms with Crippen molar-refractivity contribution in [2.75, 3.05) is 31.7 Å². The molecule has 3 N–H and O–H groups in total. The van der Waals surface area contributed by atoms with Crippen LogP contribution in [0.25, 0.3) is 0 Å². The largest absolute Gasteiger partial charge is 0.378 e. The molecular formula is C13H20N4O2. The van der Waals surface area contributed by atoms with Crippen molar-refractivity contribution in [1.29, 1.82) is 0 Å². The summed E-state index contributed by atoms with van der Waals surface area (Å²) in [4.78, 5) is 18.5. The Bertz CT molecular complexity index is 444. The summed E-state index contributed by atoms with van der Waals surface area (Å²) in [6.07, 6.45) is 1.81. The number of rotatable bonds is 4. The highest BCUT2D eigenvalue weighted by Gasteiger charge is 2.19. The molecule has 0 unspecified atom stereocenters. The third-order valence-electron chi connectivity index (χ3n) is 3.08. The summed E-state index contributed by atoms with van der Waals surface area (Å²) in [5, 5.41) is 0. The Morgan fingerprint density at radius 3 is 2.84 bits per heavy atom. The average Bonchev–Trinajstić information content (AvgIpc) is 2.47. The number of pyridine rings is 1. The number of nitrogens with two attached hydrogens (primary N) is 1. The molecule has 0 aromatic carbocycles. The lowest BCUT2D eigenvalue weighted by atomic mass is 10.1. The second-order valence-electron chi connectivity index (χ2n) is 4.53. The lowest BCUT2D eigenvalue weighted by Gasteiger charge is -2.27. The molecule has 1 amide bonds. The van der Waals surface area contributed by atoms with Gasteiger partial charge < -0.3 is 15.1 Å². The molecule has 1 fully saturated rings. The number of nitrogen functional groups attached to an aromatic ring is 1. The van der Waals surface area contributed by atoms with Crippen LogP contribution in [0.1, 0.15) is 29.4 Å². The molecule has 19 heavy (non-hydrogen) atoms. The van der Waals surface area contributed by atoms with Gasteiger partial charge in [0.25, 0.3) is 5.91 Å². The van der Waals surface area contributed by atoms with Gasteiger partial charge >= 0.3 is 0 Å². The SMILES string of the molecule is CCCc1cc(C(=O)N2CCOCC2)cc(NN)n1. The average molecular weight is 264 g/mol. The number of nitrogens with zero attached hydrogens (tertiary/aromatic N) is 2. The maximum atomic E-state index is 12.4. The first-order valence-electron chi connectivity index (χ1n) is 6.59. The van der Waals surface area contributed by atoms with Gasteiger partial charge in [-0.3, -0.25) is 4.79 Å². The number of aryl methyl sites for hydroxylation is 1. The molecule has 1 aromatic rings.